The number of aryl methyl sites for hydroxylation is 1. The van der Waals surface area contributed by atoms with Gasteiger partial charge in [-0.25, -0.2) is 18.7 Å². The van der Waals surface area contributed by atoms with Crippen molar-refractivity contribution in [3.63, 3.8) is 0 Å². The predicted octanol–water partition coefficient (Wildman–Crippen LogP) is 2.88. The van der Waals surface area contributed by atoms with Crippen LogP contribution in [0.25, 0.3) is 11.2 Å². The fraction of sp³-hybridized carbons (Fsp3) is 0.278. The summed E-state index contributed by atoms with van der Waals surface area (Å²) in [6.07, 6.45) is 2.49. The molecule has 0 radical (unpaired) electrons. The molecule has 0 N–H and O–H groups in total. The number of carbonyl (C=O) groups excluding carboxylic acids is 1. The van der Waals surface area contributed by atoms with Crippen LogP contribution in [0.15, 0.2) is 36.5 Å². The van der Waals surface area contributed by atoms with Crippen molar-refractivity contribution < 1.29 is 13.6 Å². The van der Waals surface area contributed by atoms with Crippen molar-refractivity contribution in [3.8, 4) is 0 Å². The summed E-state index contributed by atoms with van der Waals surface area (Å²) in [6.45, 7) is 1.05. The Morgan fingerprint density at radius 1 is 1.24 bits per heavy atom. The number of hydrogen-bond acceptors (Lipinski definition) is 3. The van der Waals surface area contributed by atoms with Crippen LogP contribution in [0.3, 0.4) is 0 Å². The first-order chi connectivity index (χ1) is 12.0. The van der Waals surface area contributed by atoms with E-state index in [0.717, 1.165) is 35.5 Å². The second-order valence-corrected chi connectivity index (χ2v) is 6.24. The van der Waals surface area contributed by atoms with E-state index in [9.17, 15) is 13.6 Å². The Morgan fingerprint density at radius 3 is 2.84 bits per heavy atom. The first-order valence-corrected chi connectivity index (χ1v) is 8.06. The lowest BCUT2D eigenvalue weighted by Gasteiger charge is -2.16. The number of pyridine rings is 1. The van der Waals surface area contributed by atoms with Gasteiger partial charge >= 0.3 is 0 Å². The van der Waals surface area contributed by atoms with Crippen molar-refractivity contribution in [1.29, 1.82) is 0 Å². The molecule has 1 aliphatic heterocycles. The van der Waals surface area contributed by atoms with E-state index in [2.05, 4.69) is 9.97 Å². The van der Waals surface area contributed by atoms with Crippen LogP contribution in [0.1, 0.15) is 28.5 Å². The van der Waals surface area contributed by atoms with Crippen LogP contribution in [0.5, 0.6) is 0 Å². The van der Waals surface area contributed by atoms with Gasteiger partial charge in [0.25, 0.3) is 5.91 Å². The Morgan fingerprint density at radius 2 is 2.08 bits per heavy atom. The van der Waals surface area contributed by atoms with E-state index < -0.39 is 11.6 Å². The second kappa shape index (κ2) is 5.91. The van der Waals surface area contributed by atoms with Gasteiger partial charge in [0, 0.05) is 37.8 Å². The zero-order valence-corrected chi connectivity index (χ0v) is 13.6. The monoisotopic (exact) mass is 342 g/mol. The Kier molecular flexibility index (Phi) is 3.71. The minimum absolute atomic E-state index is 0.0912. The molecular formula is C18H16F2N4O. The molecule has 1 aliphatic rings. The molecule has 1 unspecified atom stereocenters. The van der Waals surface area contributed by atoms with Gasteiger partial charge in [0.15, 0.2) is 17.3 Å². The first kappa shape index (κ1) is 15.7. The third-order valence-electron chi connectivity index (χ3n) is 4.67. The highest BCUT2D eigenvalue weighted by Crippen LogP contribution is 2.29. The molecule has 0 saturated carbocycles. The van der Waals surface area contributed by atoms with Crippen LogP contribution in [0.4, 0.5) is 8.78 Å². The molecule has 128 valence electrons. The summed E-state index contributed by atoms with van der Waals surface area (Å²) >= 11 is 0. The first-order valence-electron chi connectivity index (χ1n) is 8.06. The standard InChI is InChI=1S/C18H16F2N4O/c1-23-16(22-15-3-2-7-21-17(15)23)12-6-8-24(10-12)18(25)11-4-5-13(19)14(20)9-11/h2-5,7,9,12H,6,8,10H2,1H3. The average Bonchev–Trinajstić information content (AvgIpc) is 3.22. The van der Waals surface area contributed by atoms with E-state index in [1.807, 2.05) is 23.7 Å². The third-order valence-corrected chi connectivity index (χ3v) is 4.67. The summed E-state index contributed by atoms with van der Waals surface area (Å²) in [4.78, 5) is 23.2. The van der Waals surface area contributed by atoms with Gasteiger partial charge in [0.2, 0.25) is 0 Å². The molecule has 1 atom stereocenters. The van der Waals surface area contributed by atoms with Crippen LogP contribution in [0.2, 0.25) is 0 Å². The number of amides is 1. The van der Waals surface area contributed by atoms with Gasteiger partial charge in [-0.15, -0.1) is 0 Å². The van der Waals surface area contributed by atoms with Gasteiger partial charge in [-0.2, -0.15) is 0 Å². The largest absolute Gasteiger partial charge is 0.338 e. The average molecular weight is 342 g/mol. The Labute approximate surface area is 142 Å². The normalized spacial score (nSPS) is 17.4. The van der Waals surface area contributed by atoms with Crippen molar-refractivity contribution in [2.75, 3.05) is 13.1 Å². The van der Waals surface area contributed by atoms with E-state index in [1.165, 1.54) is 6.07 Å². The highest BCUT2D eigenvalue weighted by molar-refractivity contribution is 5.94. The van der Waals surface area contributed by atoms with Gasteiger partial charge < -0.3 is 9.47 Å². The number of carbonyl (C=O) groups is 1. The van der Waals surface area contributed by atoms with E-state index in [0.29, 0.717) is 13.1 Å². The maximum atomic E-state index is 13.4. The second-order valence-electron chi connectivity index (χ2n) is 6.24. The maximum Gasteiger partial charge on any atom is 0.253 e. The minimum atomic E-state index is -1.01. The molecule has 1 fully saturated rings. The fourth-order valence-corrected chi connectivity index (χ4v) is 3.37. The number of likely N-dealkylation sites (tertiary alicyclic amines) is 1. The zero-order chi connectivity index (χ0) is 17.6. The van der Waals surface area contributed by atoms with Gasteiger partial charge in [0.05, 0.1) is 0 Å². The smallest absolute Gasteiger partial charge is 0.253 e. The maximum absolute atomic E-state index is 13.4. The summed E-state index contributed by atoms with van der Waals surface area (Å²) < 4.78 is 28.4. The van der Waals surface area contributed by atoms with Gasteiger partial charge in [-0.05, 0) is 36.8 Å². The van der Waals surface area contributed by atoms with Crippen LogP contribution in [-0.4, -0.2) is 38.4 Å². The molecule has 4 rings (SSSR count). The number of imidazole rings is 1. The molecule has 2 aromatic heterocycles. The quantitative estimate of drug-likeness (QED) is 0.720. The Bertz CT molecular complexity index is 969. The minimum Gasteiger partial charge on any atom is -0.338 e. The summed E-state index contributed by atoms with van der Waals surface area (Å²) in [5.41, 5.74) is 1.79. The van der Waals surface area contributed by atoms with Crippen molar-refractivity contribution in [3.05, 3.63) is 59.6 Å². The highest BCUT2D eigenvalue weighted by Gasteiger charge is 2.31. The van der Waals surface area contributed by atoms with E-state index in [4.69, 9.17) is 0 Å². The van der Waals surface area contributed by atoms with E-state index in [1.54, 1.807) is 11.1 Å². The number of hydrogen-bond donors (Lipinski definition) is 0. The molecule has 0 bridgehead atoms. The number of benzene rings is 1. The summed E-state index contributed by atoms with van der Waals surface area (Å²) in [5.74, 6) is -1.29. The van der Waals surface area contributed by atoms with Gasteiger partial charge in [-0.1, -0.05) is 0 Å². The van der Waals surface area contributed by atoms with Gasteiger partial charge in [0.1, 0.15) is 11.3 Å². The lowest BCUT2D eigenvalue weighted by atomic mass is 10.1. The number of halogens is 2. The van der Waals surface area contributed by atoms with Gasteiger partial charge in [-0.3, -0.25) is 4.79 Å². The van der Waals surface area contributed by atoms with Crippen LogP contribution in [-0.2, 0) is 7.05 Å². The van der Waals surface area contributed by atoms with E-state index in [-0.39, 0.29) is 17.4 Å². The Balaban J connectivity index is 1.57. The van der Waals surface area contributed by atoms with Crippen LogP contribution in [0, 0.1) is 11.6 Å². The van der Waals surface area contributed by atoms with Crippen LogP contribution >= 0.6 is 0 Å². The molecule has 0 aliphatic carbocycles. The SMILES string of the molecule is Cn1c(C2CCN(C(=O)c3ccc(F)c(F)c3)C2)nc2cccnc21. The Hall–Kier alpha value is -2.83. The summed E-state index contributed by atoms with van der Waals surface area (Å²) in [7, 11) is 1.91. The predicted molar refractivity (Wildman–Crippen MR) is 88.1 cm³/mol. The molecule has 1 amide bonds. The number of fused-ring (bicyclic) bond motifs is 1. The number of rotatable bonds is 2. The molecule has 7 heteroatoms. The van der Waals surface area contributed by atoms with Crippen molar-refractivity contribution >= 4 is 17.1 Å². The number of nitrogens with zero attached hydrogens (tertiary/aromatic N) is 4. The van der Waals surface area contributed by atoms with Crippen molar-refractivity contribution in [1.82, 2.24) is 19.4 Å². The fourth-order valence-electron chi connectivity index (χ4n) is 3.37. The van der Waals surface area contributed by atoms with Crippen molar-refractivity contribution in [2.45, 2.75) is 12.3 Å². The molecular weight excluding hydrogens is 326 g/mol. The highest BCUT2D eigenvalue weighted by atomic mass is 19.2. The number of aromatic nitrogens is 3. The van der Waals surface area contributed by atoms with Crippen molar-refractivity contribution in [2.24, 2.45) is 7.05 Å². The molecule has 25 heavy (non-hydrogen) atoms. The molecule has 1 saturated heterocycles. The topological polar surface area (TPSA) is 51.0 Å². The molecule has 0 spiro atoms. The lowest BCUT2D eigenvalue weighted by molar-refractivity contribution is 0.0790. The zero-order valence-electron chi connectivity index (χ0n) is 13.6. The third kappa shape index (κ3) is 2.65. The van der Waals surface area contributed by atoms with E-state index >= 15 is 0 Å². The van der Waals surface area contributed by atoms with Crippen LogP contribution < -0.4 is 0 Å². The summed E-state index contributed by atoms with van der Waals surface area (Å²) in [6, 6.07) is 6.99. The molecule has 3 aromatic rings. The molecule has 1 aromatic carbocycles. The molecule has 3 heterocycles. The lowest BCUT2D eigenvalue weighted by Crippen LogP contribution is -2.28. The summed E-state index contributed by atoms with van der Waals surface area (Å²) in [5, 5.41) is 0. The molecule has 5 nitrogen and oxygen atoms in total.